The second kappa shape index (κ2) is 8.85. The second-order valence-electron chi connectivity index (χ2n) is 8.09. The highest BCUT2D eigenvalue weighted by atomic mass is 19.4. The Bertz CT molecular complexity index is 1410. The number of benzene rings is 1. The first-order valence-electron chi connectivity index (χ1n) is 10.3. The number of amides is 1. The van der Waals surface area contributed by atoms with Gasteiger partial charge in [0, 0.05) is 28.9 Å². The number of halogens is 3. The number of hydrogen-bond acceptors (Lipinski definition) is 7. The molecule has 9 nitrogen and oxygen atoms in total. The molecule has 0 saturated heterocycles. The Balaban J connectivity index is 1.67. The first-order valence-corrected chi connectivity index (χ1v) is 10.3. The minimum absolute atomic E-state index is 0.0506. The van der Waals surface area contributed by atoms with E-state index in [0.717, 1.165) is 0 Å². The third-order valence-corrected chi connectivity index (χ3v) is 5.19. The molecular formula is C21H19B2F3N6O3. The molecule has 178 valence electrons. The van der Waals surface area contributed by atoms with Gasteiger partial charge in [0.05, 0.1) is 7.11 Å². The summed E-state index contributed by atoms with van der Waals surface area (Å²) in [5, 5.41) is 5.54. The summed E-state index contributed by atoms with van der Waals surface area (Å²) in [6.45, 7) is 0. The number of aromatic nitrogens is 4. The summed E-state index contributed by atoms with van der Waals surface area (Å²) in [6, 6.07) is 10.7. The van der Waals surface area contributed by atoms with Gasteiger partial charge in [-0.25, -0.2) is 9.50 Å². The van der Waals surface area contributed by atoms with Crippen LogP contribution in [0.3, 0.4) is 0 Å². The standard InChI is InChI=1S/C21H19B2F3N6O3/c1-34-18-13(8-12(10-28-18)11-6-7-32-16(9-11)29-19(27)31-32)17(33)30-20(22,23)14-4-2-3-5-15(14)35-21(24,25)26/h2-10H,22-23H2,1H3,(H2,27,31)(H,30,33). The molecule has 0 aliphatic carbocycles. The van der Waals surface area contributed by atoms with Crippen LogP contribution in [0.4, 0.5) is 19.1 Å². The van der Waals surface area contributed by atoms with Crippen molar-refractivity contribution in [3.8, 4) is 22.8 Å². The molecule has 4 aromatic rings. The van der Waals surface area contributed by atoms with Gasteiger partial charge < -0.3 is 20.5 Å². The summed E-state index contributed by atoms with van der Waals surface area (Å²) < 4.78 is 49.6. The molecular weight excluding hydrogens is 463 g/mol. The Kier molecular flexibility index (Phi) is 6.05. The van der Waals surface area contributed by atoms with Crippen molar-refractivity contribution in [2.45, 2.75) is 11.7 Å². The molecule has 3 N–H and O–H groups in total. The number of anilines is 1. The van der Waals surface area contributed by atoms with Crippen LogP contribution in [0.5, 0.6) is 11.6 Å². The minimum atomic E-state index is -4.88. The highest BCUT2D eigenvalue weighted by Gasteiger charge is 2.35. The zero-order valence-electron chi connectivity index (χ0n) is 18.9. The molecule has 0 aliphatic heterocycles. The molecule has 0 bridgehead atoms. The molecule has 1 amide bonds. The fourth-order valence-corrected chi connectivity index (χ4v) is 3.63. The lowest BCUT2D eigenvalue weighted by atomic mass is 9.57. The quantitative estimate of drug-likeness (QED) is 0.396. The van der Waals surface area contributed by atoms with E-state index in [4.69, 9.17) is 10.5 Å². The molecule has 0 spiro atoms. The Morgan fingerprint density at radius 3 is 2.60 bits per heavy atom. The number of carbonyl (C=O) groups excluding carboxylic acids is 1. The van der Waals surface area contributed by atoms with E-state index < -0.39 is 23.4 Å². The number of nitrogens with two attached hydrogens (primary N) is 1. The van der Waals surface area contributed by atoms with Crippen LogP contribution in [0.1, 0.15) is 15.9 Å². The van der Waals surface area contributed by atoms with Crippen molar-refractivity contribution >= 4 is 33.2 Å². The lowest BCUT2D eigenvalue weighted by Gasteiger charge is -2.29. The van der Waals surface area contributed by atoms with E-state index in [1.54, 1.807) is 46.2 Å². The Morgan fingerprint density at radius 1 is 1.14 bits per heavy atom. The average molecular weight is 482 g/mol. The smallest absolute Gasteiger partial charge is 0.480 e. The van der Waals surface area contributed by atoms with Gasteiger partial charge in [0.25, 0.3) is 5.91 Å². The number of methoxy groups -OCH3 is 1. The van der Waals surface area contributed by atoms with Crippen molar-refractivity contribution in [1.29, 1.82) is 0 Å². The highest BCUT2D eigenvalue weighted by Crippen LogP contribution is 2.32. The van der Waals surface area contributed by atoms with Gasteiger partial charge in [0.1, 0.15) is 27.0 Å². The van der Waals surface area contributed by atoms with E-state index in [9.17, 15) is 18.0 Å². The summed E-state index contributed by atoms with van der Waals surface area (Å²) in [6.07, 6.45) is -1.69. The largest absolute Gasteiger partial charge is 0.573 e. The predicted octanol–water partition coefficient (Wildman–Crippen LogP) is 1.09. The number of hydrogen-bond donors (Lipinski definition) is 2. The van der Waals surface area contributed by atoms with Crippen LogP contribution < -0.4 is 20.5 Å². The van der Waals surface area contributed by atoms with Gasteiger partial charge in [-0.2, -0.15) is 4.98 Å². The maximum atomic E-state index is 13.3. The molecule has 4 rings (SSSR count). The van der Waals surface area contributed by atoms with Crippen molar-refractivity contribution < 1.29 is 27.4 Å². The first kappa shape index (κ1) is 23.9. The number of rotatable bonds is 6. The molecule has 35 heavy (non-hydrogen) atoms. The van der Waals surface area contributed by atoms with E-state index in [-0.39, 0.29) is 23.0 Å². The van der Waals surface area contributed by atoms with Gasteiger partial charge in [-0.05, 0) is 29.8 Å². The molecule has 0 atom stereocenters. The van der Waals surface area contributed by atoms with E-state index in [0.29, 0.717) is 16.8 Å². The third-order valence-electron chi connectivity index (χ3n) is 5.19. The number of fused-ring (bicyclic) bond motifs is 1. The van der Waals surface area contributed by atoms with Crippen molar-refractivity contribution in [2.24, 2.45) is 0 Å². The van der Waals surface area contributed by atoms with Crippen molar-refractivity contribution in [3.63, 3.8) is 0 Å². The average Bonchev–Trinajstić information content (AvgIpc) is 3.16. The molecule has 1 aromatic carbocycles. The van der Waals surface area contributed by atoms with Crippen LogP contribution in [-0.4, -0.2) is 54.7 Å². The zero-order valence-corrected chi connectivity index (χ0v) is 18.9. The van der Waals surface area contributed by atoms with E-state index in [1.807, 2.05) is 0 Å². The van der Waals surface area contributed by atoms with E-state index >= 15 is 0 Å². The SMILES string of the molecule is BC(B)(NC(=O)c1cc(-c2ccn3nc(N)nc3c2)cnc1OC)c1ccccc1OC(F)(F)F. The van der Waals surface area contributed by atoms with Gasteiger partial charge >= 0.3 is 6.36 Å². The predicted molar refractivity (Wildman–Crippen MR) is 127 cm³/mol. The topological polar surface area (TPSA) is 117 Å². The van der Waals surface area contributed by atoms with Crippen molar-refractivity contribution in [2.75, 3.05) is 12.8 Å². The zero-order chi connectivity index (χ0) is 25.4. The van der Waals surface area contributed by atoms with E-state index in [1.165, 1.54) is 36.0 Å². The maximum absolute atomic E-state index is 13.3. The van der Waals surface area contributed by atoms with Gasteiger partial charge in [0.15, 0.2) is 5.65 Å². The number of carbonyl (C=O) groups is 1. The summed E-state index contributed by atoms with van der Waals surface area (Å²) in [4.78, 5) is 21.6. The highest BCUT2D eigenvalue weighted by molar-refractivity contribution is 6.41. The summed E-state index contributed by atoms with van der Waals surface area (Å²) in [5.74, 6) is -0.845. The van der Waals surface area contributed by atoms with Crippen molar-refractivity contribution in [3.05, 3.63) is 66.0 Å². The number of nitrogen functional groups attached to an aromatic ring is 1. The van der Waals surface area contributed by atoms with Crippen LogP contribution in [-0.2, 0) is 5.34 Å². The molecule has 0 fully saturated rings. The number of nitrogens with zero attached hydrogens (tertiary/aromatic N) is 4. The van der Waals surface area contributed by atoms with E-state index in [2.05, 4.69) is 25.1 Å². The van der Waals surface area contributed by atoms with Crippen LogP contribution in [0.2, 0.25) is 0 Å². The van der Waals surface area contributed by atoms with Crippen LogP contribution in [0, 0.1) is 0 Å². The fraction of sp³-hybridized carbons (Fsp3) is 0.143. The molecule has 3 aromatic heterocycles. The fourth-order valence-electron chi connectivity index (χ4n) is 3.63. The van der Waals surface area contributed by atoms with Gasteiger partial charge in [-0.15, -0.1) is 18.3 Å². The van der Waals surface area contributed by atoms with Crippen LogP contribution in [0.25, 0.3) is 16.8 Å². The van der Waals surface area contributed by atoms with Crippen LogP contribution >= 0.6 is 0 Å². The minimum Gasteiger partial charge on any atom is -0.480 e. The number of pyridine rings is 2. The third kappa shape index (κ3) is 5.15. The number of ether oxygens (including phenoxy) is 2. The summed E-state index contributed by atoms with van der Waals surface area (Å²) in [5.41, 5.74) is 7.65. The molecule has 0 saturated carbocycles. The number of alkyl halides is 3. The molecule has 14 heteroatoms. The monoisotopic (exact) mass is 482 g/mol. The Labute approximate surface area is 199 Å². The van der Waals surface area contributed by atoms with Crippen LogP contribution in [0.15, 0.2) is 54.9 Å². The normalized spacial score (nSPS) is 11.9. The number of para-hydroxylation sites is 1. The summed E-state index contributed by atoms with van der Waals surface area (Å²) in [7, 11) is 4.50. The molecule has 0 unspecified atom stereocenters. The Hall–Kier alpha value is -4.22. The Morgan fingerprint density at radius 2 is 1.89 bits per heavy atom. The lowest BCUT2D eigenvalue weighted by molar-refractivity contribution is -0.275. The molecule has 0 aliphatic rings. The maximum Gasteiger partial charge on any atom is 0.573 e. The summed E-state index contributed by atoms with van der Waals surface area (Å²) >= 11 is 0. The van der Waals surface area contributed by atoms with Gasteiger partial charge in [-0.3, -0.25) is 4.79 Å². The van der Waals surface area contributed by atoms with Gasteiger partial charge in [-0.1, -0.05) is 18.2 Å². The van der Waals surface area contributed by atoms with Gasteiger partial charge in [0.2, 0.25) is 11.8 Å². The second-order valence-corrected chi connectivity index (χ2v) is 8.09. The first-order chi connectivity index (χ1) is 16.5. The number of nitrogens with one attached hydrogen (secondary N) is 1. The lowest BCUT2D eigenvalue weighted by Crippen LogP contribution is -2.47. The molecule has 0 radical (unpaired) electrons. The molecule has 3 heterocycles. The van der Waals surface area contributed by atoms with Crippen molar-refractivity contribution in [1.82, 2.24) is 24.9 Å².